The Bertz CT molecular complexity index is 1380. The van der Waals surface area contributed by atoms with Crippen LogP contribution in [0.1, 0.15) is 5.82 Å². The van der Waals surface area contributed by atoms with Crippen LogP contribution in [0.5, 0.6) is 0 Å². The number of fused-ring (bicyclic) bond motifs is 2. The van der Waals surface area contributed by atoms with Crippen molar-refractivity contribution in [1.29, 1.82) is 0 Å². The second-order valence-corrected chi connectivity index (χ2v) is 7.68. The van der Waals surface area contributed by atoms with Gasteiger partial charge in [-0.1, -0.05) is 18.2 Å². The lowest BCUT2D eigenvalue weighted by Crippen LogP contribution is -2.36. The molecule has 3 aromatic heterocycles. The van der Waals surface area contributed by atoms with E-state index >= 15 is 0 Å². The van der Waals surface area contributed by atoms with Gasteiger partial charge in [0.2, 0.25) is 0 Å². The molecule has 8 nitrogen and oxygen atoms in total. The maximum Gasteiger partial charge on any atom is 0.157 e. The molecule has 1 aliphatic rings. The van der Waals surface area contributed by atoms with Gasteiger partial charge < -0.3 is 9.64 Å². The van der Waals surface area contributed by atoms with Crippen molar-refractivity contribution >= 4 is 27.6 Å². The summed E-state index contributed by atoms with van der Waals surface area (Å²) in [6.07, 6.45) is 3.44. The fourth-order valence-corrected chi connectivity index (χ4v) is 4.31. The van der Waals surface area contributed by atoms with Crippen molar-refractivity contribution in [3.05, 3.63) is 60.8 Å². The standard InChI is InChI=1S/C23H21N7O/c1-15-27-22-19(23-25-14-26-28-23)11-17(29-6-8-31-9-7-29)12-21(22)30(15)18-10-16-4-2-3-5-20(16)24-13-18/h2-5,10-14H,6-9H2,1H3,(H,25,26,28). The molecule has 0 radical (unpaired) electrons. The lowest BCUT2D eigenvalue weighted by molar-refractivity contribution is 0.122. The zero-order chi connectivity index (χ0) is 20.8. The number of imidazole rings is 1. The highest BCUT2D eigenvalue weighted by Gasteiger charge is 2.20. The van der Waals surface area contributed by atoms with Gasteiger partial charge in [-0.3, -0.25) is 14.6 Å². The number of ether oxygens (including phenoxy) is 1. The third-order valence-electron chi connectivity index (χ3n) is 5.79. The second-order valence-electron chi connectivity index (χ2n) is 7.68. The summed E-state index contributed by atoms with van der Waals surface area (Å²) in [4.78, 5) is 16.3. The van der Waals surface area contributed by atoms with E-state index in [1.54, 1.807) is 0 Å². The number of morpholine rings is 1. The summed E-state index contributed by atoms with van der Waals surface area (Å²) in [5.74, 6) is 1.60. The first-order chi connectivity index (χ1) is 15.3. The molecule has 2 aromatic carbocycles. The SMILES string of the molecule is Cc1nc2c(-c3ncn[nH]3)cc(N3CCOCC3)cc2n1-c1cnc2ccccc2c1. The molecule has 0 saturated carbocycles. The molecule has 8 heteroatoms. The summed E-state index contributed by atoms with van der Waals surface area (Å²) in [6, 6.07) is 14.7. The predicted octanol–water partition coefficient (Wildman–Crippen LogP) is 3.50. The highest BCUT2D eigenvalue weighted by molar-refractivity contribution is 5.95. The van der Waals surface area contributed by atoms with Gasteiger partial charge in [0.05, 0.1) is 36.1 Å². The number of anilines is 1. The lowest BCUT2D eigenvalue weighted by atomic mass is 10.1. The van der Waals surface area contributed by atoms with Crippen LogP contribution in [0, 0.1) is 6.92 Å². The number of hydrogen-bond acceptors (Lipinski definition) is 6. The molecule has 0 amide bonds. The average molecular weight is 411 g/mol. The second kappa shape index (κ2) is 7.17. The Labute approximate surface area is 178 Å². The van der Waals surface area contributed by atoms with Crippen molar-refractivity contribution in [3.63, 3.8) is 0 Å². The number of benzene rings is 2. The van der Waals surface area contributed by atoms with Crippen molar-refractivity contribution in [2.24, 2.45) is 0 Å². The van der Waals surface area contributed by atoms with Gasteiger partial charge in [0, 0.05) is 29.7 Å². The Morgan fingerprint density at radius 1 is 1.00 bits per heavy atom. The molecule has 0 aliphatic carbocycles. The number of nitrogens with zero attached hydrogens (tertiary/aromatic N) is 6. The van der Waals surface area contributed by atoms with Crippen LogP contribution >= 0.6 is 0 Å². The van der Waals surface area contributed by atoms with E-state index in [1.807, 2.05) is 31.3 Å². The number of rotatable bonds is 3. The molecular weight excluding hydrogens is 390 g/mol. The minimum atomic E-state index is 0.710. The number of aromatic nitrogens is 6. The topological polar surface area (TPSA) is 84.8 Å². The van der Waals surface area contributed by atoms with Crippen LogP contribution in [0.4, 0.5) is 5.69 Å². The quantitative estimate of drug-likeness (QED) is 0.489. The van der Waals surface area contributed by atoms with Gasteiger partial charge in [0.15, 0.2) is 5.82 Å². The first kappa shape index (κ1) is 18.0. The van der Waals surface area contributed by atoms with Gasteiger partial charge in [-0.25, -0.2) is 9.97 Å². The number of nitrogens with one attached hydrogen (secondary N) is 1. The molecule has 0 spiro atoms. The minimum Gasteiger partial charge on any atom is -0.378 e. The summed E-state index contributed by atoms with van der Waals surface area (Å²) in [6.45, 7) is 5.18. The highest BCUT2D eigenvalue weighted by Crippen LogP contribution is 2.34. The van der Waals surface area contributed by atoms with E-state index in [2.05, 4.69) is 53.9 Å². The van der Waals surface area contributed by atoms with Crippen molar-refractivity contribution in [1.82, 2.24) is 29.7 Å². The predicted molar refractivity (Wildman–Crippen MR) is 120 cm³/mol. The van der Waals surface area contributed by atoms with Gasteiger partial charge in [-0.15, -0.1) is 0 Å². The van der Waals surface area contributed by atoms with Crippen molar-refractivity contribution in [2.45, 2.75) is 6.92 Å². The normalized spacial score (nSPS) is 14.5. The van der Waals surface area contributed by atoms with E-state index in [1.165, 1.54) is 6.33 Å². The fraction of sp³-hybridized carbons (Fsp3) is 0.217. The van der Waals surface area contributed by atoms with Crippen LogP contribution in [0.2, 0.25) is 0 Å². The van der Waals surface area contributed by atoms with Crippen LogP contribution in [-0.4, -0.2) is 56.0 Å². The first-order valence-corrected chi connectivity index (χ1v) is 10.3. The number of para-hydroxylation sites is 1. The molecule has 1 saturated heterocycles. The molecule has 1 fully saturated rings. The summed E-state index contributed by atoms with van der Waals surface area (Å²) in [7, 11) is 0. The Morgan fingerprint density at radius 2 is 1.87 bits per heavy atom. The van der Waals surface area contributed by atoms with E-state index in [0.29, 0.717) is 5.82 Å². The molecule has 31 heavy (non-hydrogen) atoms. The van der Waals surface area contributed by atoms with Crippen molar-refractivity contribution in [2.75, 3.05) is 31.2 Å². The zero-order valence-electron chi connectivity index (χ0n) is 17.1. The van der Waals surface area contributed by atoms with Crippen LogP contribution in [-0.2, 0) is 4.74 Å². The Morgan fingerprint density at radius 3 is 2.71 bits per heavy atom. The van der Waals surface area contributed by atoms with E-state index in [-0.39, 0.29) is 0 Å². The average Bonchev–Trinajstić information content (AvgIpc) is 3.46. The largest absolute Gasteiger partial charge is 0.378 e. The summed E-state index contributed by atoms with van der Waals surface area (Å²) < 4.78 is 7.72. The van der Waals surface area contributed by atoms with E-state index in [4.69, 9.17) is 9.72 Å². The molecule has 154 valence electrons. The number of aromatic amines is 1. The van der Waals surface area contributed by atoms with Crippen LogP contribution < -0.4 is 4.90 Å². The molecule has 0 bridgehead atoms. The lowest BCUT2D eigenvalue weighted by Gasteiger charge is -2.29. The fourth-order valence-electron chi connectivity index (χ4n) is 4.31. The van der Waals surface area contributed by atoms with Gasteiger partial charge in [0.1, 0.15) is 17.7 Å². The number of hydrogen-bond donors (Lipinski definition) is 1. The minimum absolute atomic E-state index is 0.710. The van der Waals surface area contributed by atoms with Crippen LogP contribution in [0.25, 0.3) is 39.0 Å². The maximum absolute atomic E-state index is 5.55. The van der Waals surface area contributed by atoms with Gasteiger partial charge in [-0.2, -0.15) is 5.10 Å². The molecule has 4 heterocycles. The Hall–Kier alpha value is -3.78. The van der Waals surface area contributed by atoms with E-state index < -0.39 is 0 Å². The first-order valence-electron chi connectivity index (χ1n) is 10.3. The number of H-pyrrole nitrogens is 1. The smallest absolute Gasteiger partial charge is 0.157 e. The summed E-state index contributed by atoms with van der Waals surface area (Å²) >= 11 is 0. The molecule has 6 rings (SSSR count). The Balaban J connectivity index is 1.61. The van der Waals surface area contributed by atoms with Crippen LogP contribution in [0.3, 0.4) is 0 Å². The monoisotopic (exact) mass is 411 g/mol. The third-order valence-corrected chi connectivity index (χ3v) is 5.79. The van der Waals surface area contributed by atoms with Crippen molar-refractivity contribution in [3.8, 4) is 17.1 Å². The Kier molecular flexibility index (Phi) is 4.17. The third kappa shape index (κ3) is 3.03. The van der Waals surface area contributed by atoms with Crippen molar-refractivity contribution < 1.29 is 4.74 Å². The van der Waals surface area contributed by atoms with Gasteiger partial charge in [0.25, 0.3) is 0 Å². The summed E-state index contributed by atoms with van der Waals surface area (Å²) in [5, 5.41) is 8.16. The number of pyridine rings is 1. The van der Waals surface area contributed by atoms with E-state index in [9.17, 15) is 0 Å². The molecular formula is C23H21N7O. The molecule has 0 unspecified atom stereocenters. The summed E-state index contributed by atoms with van der Waals surface area (Å²) in [5.41, 5.74) is 5.93. The van der Waals surface area contributed by atoms with E-state index in [0.717, 1.165) is 71.0 Å². The molecule has 1 aliphatic heterocycles. The maximum atomic E-state index is 5.55. The molecule has 0 atom stereocenters. The molecule has 5 aromatic rings. The van der Waals surface area contributed by atoms with Gasteiger partial charge in [-0.05, 0) is 31.2 Å². The highest BCUT2D eigenvalue weighted by atomic mass is 16.5. The number of aryl methyl sites for hydroxylation is 1. The zero-order valence-corrected chi connectivity index (χ0v) is 17.1. The molecule has 1 N–H and O–H groups in total. The van der Waals surface area contributed by atoms with Gasteiger partial charge >= 0.3 is 0 Å². The van der Waals surface area contributed by atoms with Crippen LogP contribution in [0.15, 0.2) is 55.0 Å².